The van der Waals surface area contributed by atoms with Gasteiger partial charge in [0, 0.05) is 66.7 Å². The Labute approximate surface area is 201 Å². The van der Waals surface area contributed by atoms with Crippen LogP contribution in [0.25, 0.3) is 16.5 Å². The first-order valence-corrected chi connectivity index (χ1v) is 12.1. The molecular weight excluding hydrogens is 458 g/mol. The van der Waals surface area contributed by atoms with Crippen LogP contribution in [0, 0.1) is 0 Å². The van der Waals surface area contributed by atoms with Crippen LogP contribution >= 0.6 is 23.4 Å². The van der Waals surface area contributed by atoms with Crippen molar-refractivity contribution in [3.63, 3.8) is 0 Å². The molecule has 0 atom stereocenters. The Hall–Kier alpha value is -2.81. The summed E-state index contributed by atoms with van der Waals surface area (Å²) >= 11 is 8.42. The summed E-state index contributed by atoms with van der Waals surface area (Å²) in [6.45, 7) is 3.09. The second-order valence-corrected chi connectivity index (χ2v) is 9.40. The third-order valence-electron chi connectivity index (χ3n) is 5.70. The Morgan fingerprint density at radius 2 is 2.09 bits per heavy atom. The first-order chi connectivity index (χ1) is 16.1. The maximum Gasteiger partial charge on any atom is 0.257 e. The molecule has 0 unspecified atom stereocenters. The summed E-state index contributed by atoms with van der Waals surface area (Å²) in [5.74, 6) is 0.695. The molecule has 1 fully saturated rings. The van der Waals surface area contributed by atoms with Crippen LogP contribution in [-0.4, -0.2) is 69.2 Å². The minimum atomic E-state index is -0.0936. The van der Waals surface area contributed by atoms with Crippen molar-refractivity contribution >= 4 is 45.7 Å². The van der Waals surface area contributed by atoms with Crippen LogP contribution in [0.3, 0.4) is 0 Å². The summed E-state index contributed by atoms with van der Waals surface area (Å²) in [6.07, 6.45) is 11.9. The number of hydrogen-bond donors (Lipinski definition) is 0. The van der Waals surface area contributed by atoms with Gasteiger partial charge in [-0.3, -0.25) is 14.5 Å². The lowest BCUT2D eigenvalue weighted by atomic mass is 10.1. The molecule has 4 heterocycles. The van der Waals surface area contributed by atoms with E-state index in [2.05, 4.69) is 33.3 Å². The average molecular weight is 482 g/mol. The van der Waals surface area contributed by atoms with Crippen LogP contribution in [0.1, 0.15) is 15.9 Å². The number of hydrogen-bond acceptors (Lipinski definition) is 6. The van der Waals surface area contributed by atoms with Crippen molar-refractivity contribution in [3.05, 3.63) is 71.3 Å². The van der Waals surface area contributed by atoms with Crippen LogP contribution in [0.5, 0.6) is 0 Å². The molecule has 2 aliphatic heterocycles. The molecule has 9 heteroatoms. The molecule has 7 nitrogen and oxygen atoms in total. The van der Waals surface area contributed by atoms with E-state index in [0.29, 0.717) is 36.9 Å². The van der Waals surface area contributed by atoms with Gasteiger partial charge in [-0.2, -0.15) is 5.10 Å². The van der Waals surface area contributed by atoms with Gasteiger partial charge in [-0.1, -0.05) is 23.8 Å². The SMILES string of the molecule is Cn1cc(C2=CN(CSc3ccc4ncc(C(=O)N5CCOCC5)c(Cl)c4c3)CC=C2)cn1. The molecule has 1 aromatic carbocycles. The Balaban J connectivity index is 1.32. The summed E-state index contributed by atoms with van der Waals surface area (Å²) in [5.41, 5.74) is 3.47. The van der Waals surface area contributed by atoms with Crippen molar-refractivity contribution in [1.82, 2.24) is 24.6 Å². The lowest BCUT2D eigenvalue weighted by Crippen LogP contribution is -2.40. The van der Waals surface area contributed by atoms with Crippen LogP contribution in [0.15, 0.2) is 60.0 Å². The van der Waals surface area contributed by atoms with E-state index in [9.17, 15) is 4.79 Å². The van der Waals surface area contributed by atoms with Crippen molar-refractivity contribution < 1.29 is 9.53 Å². The molecular formula is C24H24ClN5O2S. The number of carbonyl (C=O) groups is 1. The van der Waals surface area contributed by atoms with E-state index in [-0.39, 0.29) is 5.91 Å². The molecule has 170 valence electrons. The monoisotopic (exact) mass is 481 g/mol. The largest absolute Gasteiger partial charge is 0.378 e. The van der Waals surface area contributed by atoms with Gasteiger partial charge < -0.3 is 14.5 Å². The summed E-state index contributed by atoms with van der Waals surface area (Å²) in [7, 11) is 1.92. The average Bonchev–Trinajstić information content (AvgIpc) is 3.30. The van der Waals surface area contributed by atoms with Gasteiger partial charge in [0.1, 0.15) is 0 Å². The zero-order chi connectivity index (χ0) is 22.8. The van der Waals surface area contributed by atoms with Crippen molar-refractivity contribution in [1.29, 1.82) is 0 Å². The van der Waals surface area contributed by atoms with Gasteiger partial charge in [-0.25, -0.2) is 0 Å². The van der Waals surface area contributed by atoms with Crippen LogP contribution < -0.4 is 0 Å². The number of morpholine rings is 1. The summed E-state index contributed by atoms with van der Waals surface area (Å²) < 4.78 is 7.16. The van der Waals surface area contributed by atoms with Crippen LogP contribution in [-0.2, 0) is 11.8 Å². The van der Waals surface area contributed by atoms with E-state index >= 15 is 0 Å². The molecule has 0 N–H and O–H groups in total. The van der Waals surface area contributed by atoms with Crippen molar-refractivity contribution in [2.75, 3.05) is 38.7 Å². The van der Waals surface area contributed by atoms with Gasteiger partial charge in [0.25, 0.3) is 5.91 Å². The summed E-state index contributed by atoms with van der Waals surface area (Å²) in [4.78, 5) is 22.5. The van der Waals surface area contributed by atoms with E-state index < -0.39 is 0 Å². The Morgan fingerprint density at radius 1 is 1.24 bits per heavy atom. The summed E-state index contributed by atoms with van der Waals surface area (Å²) in [5, 5.41) is 5.52. The summed E-state index contributed by atoms with van der Waals surface area (Å²) in [6, 6.07) is 6.03. The zero-order valence-corrected chi connectivity index (χ0v) is 19.8. The number of halogens is 1. The number of thioether (sulfide) groups is 1. The highest BCUT2D eigenvalue weighted by atomic mass is 35.5. The molecule has 0 radical (unpaired) electrons. The van der Waals surface area contributed by atoms with Crippen molar-refractivity contribution in [2.24, 2.45) is 7.05 Å². The maximum absolute atomic E-state index is 12.9. The predicted molar refractivity (Wildman–Crippen MR) is 131 cm³/mol. The fourth-order valence-electron chi connectivity index (χ4n) is 3.91. The molecule has 3 aromatic rings. The predicted octanol–water partition coefficient (Wildman–Crippen LogP) is 4.06. The normalized spacial score (nSPS) is 16.4. The number of allylic oxidation sites excluding steroid dienone is 2. The third kappa shape index (κ3) is 4.78. The van der Waals surface area contributed by atoms with Gasteiger partial charge >= 0.3 is 0 Å². The van der Waals surface area contributed by atoms with Gasteiger partial charge in [0.15, 0.2) is 0 Å². The fraction of sp³-hybridized carbons (Fsp3) is 0.292. The molecule has 0 aliphatic carbocycles. The highest BCUT2D eigenvalue weighted by Crippen LogP contribution is 2.31. The van der Waals surface area contributed by atoms with Gasteiger partial charge in [0.05, 0.1) is 41.4 Å². The number of benzene rings is 1. The highest BCUT2D eigenvalue weighted by Gasteiger charge is 2.22. The quantitative estimate of drug-likeness (QED) is 0.512. The van der Waals surface area contributed by atoms with E-state index in [1.165, 1.54) is 0 Å². The van der Waals surface area contributed by atoms with Crippen molar-refractivity contribution in [2.45, 2.75) is 4.90 Å². The van der Waals surface area contributed by atoms with Crippen LogP contribution in [0.2, 0.25) is 5.02 Å². The zero-order valence-electron chi connectivity index (χ0n) is 18.3. The first-order valence-electron chi connectivity index (χ1n) is 10.8. The van der Waals surface area contributed by atoms with Crippen molar-refractivity contribution in [3.8, 4) is 0 Å². The minimum absolute atomic E-state index is 0.0936. The Kier molecular flexibility index (Phi) is 6.39. The van der Waals surface area contributed by atoms with Gasteiger partial charge in [-0.05, 0) is 18.2 Å². The highest BCUT2D eigenvalue weighted by molar-refractivity contribution is 7.99. The Bertz CT molecular complexity index is 1250. The number of rotatable bonds is 5. The number of aryl methyl sites for hydroxylation is 1. The molecule has 5 rings (SSSR count). The first kappa shape index (κ1) is 22.0. The number of nitrogens with zero attached hydrogens (tertiary/aromatic N) is 5. The number of ether oxygens (including phenoxy) is 1. The van der Waals surface area contributed by atoms with Gasteiger partial charge in [0.2, 0.25) is 0 Å². The molecule has 33 heavy (non-hydrogen) atoms. The number of fused-ring (bicyclic) bond motifs is 1. The standard InChI is InChI=1S/C24H24ClN5O2S/c1-28-14-18(12-27-28)17-3-2-6-29(15-17)16-33-19-4-5-22-20(11-19)23(25)21(13-26-22)24(31)30-7-9-32-10-8-30/h2-5,11-15H,6-10,16H2,1H3. The van der Waals surface area contributed by atoms with E-state index in [4.69, 9.17) is 16.3 Å². The molecule has 2 aromatic heterocycles. The molecule has 0 spiro atoms. The lowest BCUT2D eigenvalue weighted by molar-refractivity contribution is 0.0303. The molecule has 1 saturated heterocycles. The third-order valence-corrected chi connectivity index (χ3v) is 7.15. The topological polar surface area (TPSA) is 63.5 Å². The van der Waals surface area contributed by atoms with E-state index in [1.54, 1.807) is 22.9 Å². The number of carbonyl (C=O) groups excluding carboxylic acids is 1. The van der Waals surface area contributed by atoms with Gasteiger partial charge in [-0.15, -0.1) is 11.8 Å². The maximum atomic E-state index is 12.9. The number of pyridine rings is 1. The number of amides is 1. The van der Waals surface area contributed by atoms with Crippen LogP contribution in [0.4, 0.5) is 0 Å². The fourth-order valence-corrected chi connectivity index (χ4v) is 5.05. The lowest BCUT2D eigenvalue weighted by Gasteiger charge is -2.27. The second-order valence-electron chi connectivity index (χ2n) is 8.00. The smallest absolute Gasteiger partial charge is 0.257 e. The molecule has 2 aliphatic rings. The molecule has 0 saturated carbocycles. The minimum Gasteiger partial charge on any atom is -0.378 e. The molecule has 0 bridgehead atoms. The second kappa shape index (κ2) is 9.59. The van der Waals surface area contributed by atoms with E-state index in [1.807, 2.05) is 42.3 Å². The molecule has 1 amide bonds. The van der Waals surface area contributed by atoms with E-state index in [0.717, 1.165) is 39.4 Å². The Morgan fingerprint density at radius 3 is 2.88 bits per heavy atom. The number of aromatic nitrogens is 3.